The van der Waals surface area contributed by atoms with Crippen LogP contribution in [-0.4, -0.2) is 32.5 Å². The first-order chi connectivity index (χ1) is 5.83. The predicted octanol–water partition coefficient (Wildman–Crippen LogP) is 0.238. The fraction of sp³-hybridized carbons (Fsp3) is 0.750. The van der Waals surface area contributed by atoms with E-state index in [9.17, 15) is 0 Å². The molecule has 0 aromatic rings. The van der Waals surface area contributed by atoms with Gasteiger partial charge >= 0.3 is 0 Å². The molecule has 0 spiro atoms. The minimum absolute atomic E-state index is 0.00951. The van der Waals surface area contributed by atoms with Crippen LogP contribution in [0.1, 0.15) is 6.42 Å². The third kappa shape index (κ3) is 3.11. The fourth-order valence-electron chi connectivity index (χ4n) is 0.922. The van der Waals surface area contributed by atoms with Gasteiger partial charge < -0.3 is 19.9 Å². The van der Waals surface area contributed by atoms with Gasteiger partial charge in [0.05, 0.1) is 6.61 Å². The Balaban J connectivity index is 1.97. The molecular weight excluding hydrogens is 158 g/mol. The normalized spacial score (nSPS) is 22.1. The molecule has 2 N–H and O–H groups in total. The van der Waals surface area contributed by atoms with Crippen LogP contribution in [0.5, 0.6) is 0 Å². The third-order valence-electron chi connectivity index (χ3n) is 1.52. The lowest BCUT2D eigenvalue weighted by molar-refractivity contribution is 0.0412. The summed E-state index contributed by atoms with van der Waals surface area (Å²) in [7, 11) is 0. The van der Waals surface area contributed by atoms with Crippen molar-refractivity contribution in [3.05, 3.63) is 12.5 Å². The third-order valence-corrected chi connectivity index (χ3v) is 1.52. The largest absolute Gasteiger partial charge is 0.462 e. The molecule has 0 aromatic carbocycles. The predicted molar refractivity (Wildman–Crippen MR) is 44.5 cm³/mol. The summed E-state index contributed by atoms with van der Waals surface area (Å²) in [5.74, 6) is 0.391. The second-order valence-electron chi connectivity index (χ2n) is 2.64. The molecule has 0 bridgehead atoms. The zero-order valence-electron chi connectivity index (χ0n) is 7.12. The summed E-state index contributed by atoms with van der Waals surface area (Å²) in [6.07, 6.45) is 0.893. The van der Waals surface area contributed by atoms with Crippen molar-refractivity contribution in [1.29, 1.82) is 0 Å². The molecule has 70 valence electrons. The quantitative estimate of drug-likeness (QED) is 0.605. The van der Waals surface area contributed by atoms with E-state index >= 15 is 0 Å². The molecule has 1 aliphatic rings. The maximum Gasteiger partial charge on any atom is 0.272 e. The highest BCUT2D eigenvalue weighted by Gasteiger charge is 2.19. The topological polar surface area (TPSA) is 53.7 Å². The van der Waals surface area contributed by atoms with Gasteiger partial charge in [0, 0.05) is 6.61 Å². The van der Waals surface area contributed by atoms with Crippen LogP contribution >= 0.6 is 0 Å². The molecule has 4 nitrogen and oxygen atoms in total. The molecule has 1 atom stereocenters. The van der Waals surface area contributed by atoms with Crippen molar-refractivity contribution in [2.24, 2.45) is 5.73 Å². The minimum Gasteiger partial charge on any atom is -0.462 e. The number of hydrogen-bond acceptors (Lipinski definition) is 4. The standard InChI is InChI=1S/C8H15NO3/c1-7-11-6-8(12-7)5-10-4-2-3-9/h8H,1-6,9H2. The van der Waals surface area contributed by atoms with Crippen LogP contribution in [0.15, 0.2) is 12.5 Å². The van der Waals surface area contributed by atoms with Gasteiger partial charge in [0.15, 0.2) is 6.10 Å². The van der Waals surface area contributed by atoms with Crippen LogP contribution in [-0.2, 0) is 14.2 Å². The van der Waals surface area contributed by atoms with E-state index in [2.05, 4.69) is 6.58 Å². The Morgan fingerprint density at radius 2 is 2.50 bits per heavy atom. The average molecular weight is 173 g/mol. The van der Waals surface area contributed by atoms with Crippen molar-refractivity contribution in [1.82, 2.24) is 0 Å². The van der Waals surface area contributed by atoms with Gasteiger partial charge in [-0.05, 0) is 19.5 Å². The van der Waals surface area contributed by atoms with Crippen LogP contribution in [0, 0.1) is 0 Å². The van der Waals surface area contributed by atoms with Crippen LogP contribution in [0.25, 0.3) is 0 Å². The molecule has 0 radical (unpaired) electrons. The second-order valence-corrected chi connectivity index (χ2v) is 2.64. The maximum absolute atomic E-state index is 5.29. The molecule has 0 aromatic heterocycles. The molecular formula is C8H15NO3. The molecule has 1 rings (SSSR count). The van der Waals surface area contributed by atoms with Crippen LogP contribution in [0.4, 0.5) is 0 Å². The number of ether oxygens (including phenoxy) is 3. The molecule has 1 fully saturated rings. The van der Waals surface area contributed by atoms with Gasteiger partial charge in [0.1, 0.15) is 6.61 Å². The van der Waals surface area contributed by atoms with Crippen molar-refractivity contribution >= 4 is 0 Å². The van der Waals surface area contributed by atoms with Gasteiger partial charge in [-0.25, -0.2) is 0 Å². The first-order valence-electron chi connectivity index (χ1n) is 4.09. The summed E-state index contributed by atoms with van der Waals surface area (Å²) < 4.78 is 15.4. The first-order valence-corrected chi connectivity index (χ1v) is 4.09. The molecule has 1 unspecified atom stereocenters. The fourth-order valence-corrected chi connectivity index (χ4v) is 0.922. The molecule has 0 aliphatic carbocycles. The van der Waals surface area contributed by atoms with Gasteiger partial charge in [-0.2, -0.15) is 0 Å². The van der Waals surface area contributed by atoms with Crippen molar-refractivity contribution in [3.8, 4) is 0 Å². The summed E-state index contributed by atoms with van der Waals surface area (Å²) in [5.41, 5.74) is 5.29. The molecule has 0 saturated carbocycles. The lowest BCUT2D eigenvalue weighted by atomic mass is 10.4. The highest BCUT2D eigenvalue weighted by atomic mass is 16.7. The SMILES string of the molecule is C=C1OCC(COCCCN)O1. The van der Waals surface area contributed by atoms with Crippen molar-refractivity contribution in [3.63, 3.8) is 0 Å². The molecule has 4 heteroatoms. The van der Waals surface area contributed by atoms with E-state index in [1.807, 2.05) is 0 Å². The molecule has 0 amide bonds. The summed E-state index contributed by atoms with van der Waals surface area (Å²) in [6.45, 7) is 5.97. The van der Waals surface area contributed by atoms with E-state index in [1.165, 1.54) is 0 Å². The zero-order valence-corrected chi connectivity index (χ0v) is 7.12. The first kappa shape index (κ1) is 9.35. The van der Waals surface area contributed by atoms with E-state index in [-0.39, 0.29) is 6.10 Å². The summed E-state index contributed by atoms with van der Waals surface area (Å²) in [5, 5.41) is 0. The highest BCUT2D eigenvalue weighted by Crippen LogP contribution is 2.12. The number of rotatable bonds is 5. The Morgan fingerprint density at radius 3 is 3.08 bits per heavy atom. The molecule has 1 aliphatic heterocycles. The van der Waals surface area contributed by atoms with E-state index in [1.54, 1.807) is 0 Å². The van der Waals surface area contributed by atoms with Crippen molar-refractivity contribution in [2.45, 2.75) is 12.5 Å². The Kier molecular flexibility index (Phi) is 3.90. The van der Waals surface area contributed by atoms with Crippen molar-refractivity contribution in [2.75, 3.05) is 26.4 Å². The van der Waals surface area contributed by atoms with E-state index in [4.69, 9.17) is 19.9 Å². The Morgan fingerprint density at radius 1 is 1.67 bits per heavy atom. The number of hydrogen-bond donors (Lipinski definition) is 1. The van der Waals surface area contributed by atoms with E-state index < -0.39 is 0 Å². The van der Waals surface area contributed by atoms with Gasteiger partial charge in [0.25, 0.3) is 5.95 Å². The van der Waals surface area contributed by atoms with E-state index in [0.717, 1.165) is 6.42 Å². The smallest absolute Gasteiger partial charge is 0.272 e. The molecule has 1 heterocycles. The van der Waals surface area contributed by atoms with Crippen LogP contribution in [0.2, 0.25) is 0 Å². The summed E-state index contributed by atoms with van der Waals surface area (Å²) in [6, 6.07) is 0. The van der Waals surface area contributed by atoms with Crippen molar-refractivity contribution < 1.29 is 14.2 Å². The summed E-state index contributed by atoms with van der Waals surface area (Å²) in [4.78, 5) is 0. The lowest BCUT2D eigenvalue weighted by Crippen LogP contribution is -2.18. The minimum atomic E-state index is 0.00951. The Bertz CT molecular complexity index is 149. The molecule has 1 saturated heterocycles. The highest BCUT2D eigenvalue weighted by molar-refractivity contribution is 4.79. The monoisotopic (exact) mass is 173 g/mol. The van der Waals surface area contributed by atoms with E-state index in [0.29, 0.717) is 32.3 Å². The van der Waals surface area contributed by atoms with Gasteiger partial charge in [-0.1, -0.05) is 0 Å². The molecule has 12 heavy (non-hydrogen) atoms. The lowest BCUT2D eigenvalue weighted by Gasteiger charge is -2.07. The Labute approximate surface area is 72.3 Å². The van der Waals surface area contributed by atoms with Gasteiger partial charge in [-0.15, -0.1) is 0 Å². The van der Waals surface area contributed by atoms with Gasteiger partial charge in [0.2, 0.25) is 0 Å². The van der Waals surface area contributed by atoms with Crippen LogP contribution < -0.4 is 5.73 Å². The van der Waals surface area contributed by atoms with Crippen LogP contribution in [0.3, 0.4) is 0 Å². The Hall–Kier alpha value is -0.740. The second kappa shape index (κ2) is 5.00. The number of nitrogens with two attached hydrogens (primary N) is 1. The average Bonchev–Trinajstić information content (AvgIpc) is 2.45. The zero-order chi connectivity index (χ0) is 8.81. The summed E-state index contributed by atoms with van der Waals surface area (Å²) >= 11 is 0. The van der Waals surface area contributed by atoms with Gasteiger partial charge in [-0.3, -0.25) is 0 Å². The maximum atomic E-state index is 5.29.